The van der Waals surface area contributed by atoms with Crippen LogP contribution in [0.3, 0.4) is 0 Å². The van der Waals surface area contributed by atoms with Crippen molar-refractivity contribution in [3.63, 3.8) is 0 Å². The summed E-state index contributed by atoms with van der Waals surface area (Å²) >= 11 is 0. The number of hydrogen-bond acceptors (Lipinski definition) is 4. The fourth-order valence-corrected chi connectivity index (χ4v) is 2.74. The van der Waals surface area contributed by atoms with Crippen molar-refractivity contribution >= 4 is 11.9 Å². The number of rotatable bonds is 14. The molecule has 28 heavy (non-hydrogen) atoms. The molecule has 0 N–H and O–H groups in total. The van der Waals surface area contributed by atoms with Crippen molar-refractivity contribution in [3.8, 4) is 0 Å². The fourth-order valence-electron chi connectivity index (χ4n) is 2.74. The standard InChI is InChI=1S/C22H34O4.2CH4/c1-3-5-7-9-13-17-25-21(23)19-15-11-12-16-20(19)22(24)26-18-14-10-8-6-4-2;;/h11-12,15-16H,3-10,13-14,17-18H2,1-2H3;2*1H4. The highest BCUT2D eigenvalue weighted by Gasteiger charge is 2.18. The van der Waals surface area contributed by atoms with Crippen LogP contribution in [0.15, 0.2) is 24.3 Å². The Bertz CT molecular complexity index is 478. The first-order valence-electron chi connectivity index (χ1n) is 10.1. The molecule has 1 aromatic carbocycles. The van der Waals surface area contributed by atoms with Crippen molar-refractivity contribution < 1.29 is 19.1 Å². The molecule has 0 heterocycles. The van der Waals surface area contributed by atoms with E-state index in [1.165, 1.54) is 25.7 Å². The maximum absolute atomic E-state index is 12.3. The molecule has 0 aromatic heterocycles. The summed E-state index contributed by atoms with van der Waals surface area (Å²) in [4.78, 5) is 24.6. The highest BCUT2D eigenvalue weighted by atomic mass is 16.5. The minimum Gasteiger partial charge on any atom is -0.462 e. The van der Waals surface area contributed by atoms with E-state index in [4.69, 9.17) is 9.47 Å². The lowest BCUT2D eigenvalue weighted by molar-refractivity contribution is 0.0450. The molecule has 1 rings (SSSR count). The van der Waals surface area contributed by atoms with Crippen LogP contribution in [0.2, 0.25) is 0 Å². The molecule has 0 unspecified atom stereocenters. The summed E-state index contributed by atoms with van der Waals surface area (Å²) < 4.78 is 10.6. The van der Waals surface area contributed by atoms with Crippen LogP contribution in [-0.4, -0.2) is 25.2 Å². The monoisotopic (exact) mass is 394 g/mol. The van der Waals surface area contributed by atoms with E-state index in [0.717, 1.165) is 38.5 Å². The number of esters is 2. The van der Waals surface area contributed by atoms with Gasteiger partial charge in [-0.05, 0) is 25.0 Å². The Kier molecular flexibility index (Phi) is 18.8. The molecule has 0 saturated heterocycles. The first-order chi connectivity index (χ1) is 12.7. The third kappa shape index (κ3) is 11.8. The van der Waals surface area contributed by atoms with E-state index >= 15 is 0 Å². The van der Waals surface area contributed by atoms with Crippen molar-refractivity contribution in [1.82, 2.24) is 0 Å². The summed E-state index contributed by atoms with van der Waals surface area (Å²) in [5.74, 6) is -0.896. The molecule has 0 atom stereocenters. The molecular weight excluding hydrogens is 352 g/mol. The average Bonchev–Trinajstić information content (AvgIpc) is 2.67. The van der Waals surface area contributed by atoms with E-state index in [2.05, 4.69) is 13.8 Å². The zero-order valence-corrected chi connectivity index (χ0v) is 16.4. The molecule has 0 saturated carbocycles. The number of unbranched alkanes of at least 4 members (excludes halogenated alkanes) is 8. The predicted molar refractivity (Wildman–Crippen MR) is 118 cm³/mol. The van der Waals surface area contributed by atoms with E-state index in [-0.39, 0.29) is 26.0 Å². The van der Waals surface area contributed by atoms with Crippen LogP contribution in [0.25, 0.3) is 0 Å². The van der Waals surface area contributed by atoms with Gasteiger partial charge in [0.15, 0.2) is 0 Å². The van der Waals surface area contributed by atoms with Gasteiger partial charge in [-0.25, -0.2) is 9.59 Å². The second-order valence-corrected chi connectivity index (χ2v) is 6.65. The van der Waals surface area contributed by atoms with Crippen molar-refractivity contribution in [2.45, 2.75) is 92.9 Å². The van der Waals surface area contributed by atoms with Crippen LogP contribution in [0, 0.1) is 0 Å². The number of carbonyl (C=O) groups is 2. The van der Waals surface area contributed by atoms with Gasteiger partial charge in [-0.2, -0.15) is 0 Å². The minimum atomic E-state index is -0.448. The minimum absolute atomic E-state index is 0. The number of carbonyl (C=O) groups excluding carboxylic acids is 2. The summed E-state index contributed by atoms with van der Waals surface area (Å²) in [5, 5.41) is 0. The Hall–Kier alpha value is -1.84. The van der Waals surface area contributed by atoms with E-state index in [1.807, 2.05) is 0 Å². The molecule has 4 heteroatoms. The Labute approximate surface area is 173 Å². The number of benzene rings is 1. The molecule has 0 aliphatic carbocycles. The van der Waals surface area contributed by atoms with E-state index in [0.29, 0.717) is 13.2 Å². The van der Waals surface area contributed by atoms with Gasteiger partial charge in [0.2, 0.25) is 0 Å². The van der Waals surface area contributed by atoms with Crippen LogP contribution in [0.1, 0.15) is 114 Å². The highest BCUT2D eigenvalue weighted by Crippen LogP contribution is 2.13. The Morgan fingerprint density at radius 3 is 1.36 bits per heavy atom. The summed E-state index contributed by atoms with van der Waals surface area (Å²) in [5.41, 5.74) is 0.578. The average molecular weight is 395 g/mol. The van der Waals surface area contributed by atoms with Gasteiger partial charge < -0.3 is 9.47 Å². The van der Waals surface area contributed by atoms with Crippen LogP contribution in [0.5, 0.6) is 0 Å². The maximum Gasteiger partial charge on any atom is 0.339 e. The van der Waals surface area contributed by atoms with Gasteiger partial charge in [-0.3, -0.25) is 0 Å². The second kappa shape index (κ2) is 18.5. The molecule has 0 radical (unpaired) electrons. The molecular formula is C24H42O4. The van der Waals surface area contributed by atoms with E-state index < -0.39 is 11.9 Å². The van der Waals surface area contributed by atoms with Crippen molar-refractivity contribution in [1.29, 1.82) is 0 Å². The van der Waals surface area contributed by atoms with Crippen molar-refractivity contribution in [2.24, 2.45) is 0 Å². The first-order valence-corrected chi connectivity index (χ1v) is 10.1. The van der Waals surface area contributed by atoms with E-state index in [1.54, 1.807) is 24.3 Å². The third-order valence-corrected chi connectivity index (χ3v) is 4.33. The van der Waals surface area contributed by atoms with Gasteiger partial charge >= 0.3 is 11.9 Å². The third-order valence-electron chi connectivity index (χ3n) is 4.33. The van der Waals surface area contributed by atoms with Crippen LogP contribution >= 0.6 is 0 Å². The fraction of sp³-hybridized carbons (Fsp3) is 0.667. The van der Waals surface area contributed by atoms with Crippen LogP contribution in [0.4, 0.5) is 0 Å². The lowest BCUT2D eigenvalue weighted by atomic mass is 10.1. The Morgan fingerprint density at radius 2 is 1.00 bits per heavy atom. The maximum atomic E-state index is 12.3. The summed E-state index contributed by atoms with van der Waals surface area (Å²) in [7, 11) is 0. The summed E-state index contributed by atoms with van der Waals surface area (Å²) in [6.07, 6.45) is 11.0. The van der Waals surface area contributed by atoms with Gasteiger partial charge in [-0.1, -0.05) is 92.2 Å². The Balaban J connectivity index is 0. The molecule has 4 nitrogen and oxygen atoms in total. The molecule has 0 bridgehead atoms. The second-order valence-electron chi connectivity index (χ2n) is 6.65. The van der Waals surface area contributed by atoms with Gasteiger partial charge in [0.05, 0.1) is 24.3 Å². The largest absolute Gasteiger partial charge is 0.462 e. The number of hydrogen-bond donors (Lipinski definition) is 0. The van der Waals surface area contributed by atoms with Gasteiger partial charge in [0, 0.05) is 0 Å². The molecule has 0 spiro atoms. The summed E-state index contributed by atoms with van der Waals surface area (Å²) in [6, 6.07) is 6.72. The first kappa shape index (κ1) is 28.4. The zero-order chi connectivity index (χ0) is 19.0. The summed E-state index contributed by atoms with van der Waals surface area (Å²) in [6.45, 7) is 5.12. The molecule has 0 aliphatic heterocycles. The molecule has 0 fully saturated rings. The highest BCUT2D eigenvalue weighted by molar-refractivity contribution is 6.03. The number of ether oxygens (including phenoxy) is 2. The predicted octanol–water partition coefficient (Wildman–Crippen LogP) is 7.21. The van der Waals surface area contributed by atoms with Crippen LogP contribution < -0.4 is 0 Å². The molecule has 0 aliphatic rings. The molecule has 1 aromatic rings. The van der Waals surface area contributed by atoms with E-state index in [9.17, 15) is 9.59 Å². The smallest absolute Gasteiger partial charge is 0.339 e. The SMILES string of the molecule is C.C.CCCCCCCOC(=O)c1ccccc1C(=O)OCCCCCCC. The quantitative estimate of drug-likeness (QED) is 0.247. The normalized spacial score (nSPS) is 9.79. The zero-order valence-electron chi connectivity index (χ0n) is 16.4. The van der Waals surface area contributed by atoms with Gasteiger partial charge in [-0.15, -0.1) is 0 Å². The molecule has 0 amide bonds. The van der Waals surface area contributed by atoms with Gasteiger partial charge in [0.1, 0.15) is 0 Å². The molecule has 162 valence electrons. The lowest BCUT2D eigenvalue weighted by Gasteiger charge is -2.10. The van der Waals surface area contributed by atoms with Gasteiger partial charge in [0.25, 0.3) is 0 Å². The topological polar surface area (TPSA) is 52.6 Å². The van der Waals surface area contributed by atoms with Crippen molar-refractivity contribution in [3.05, 3.63) is 35.4 Å². The lowest BCUT2D eigenvalue weighted by Crippen LogP contribution is -2.15. The van der Waals surface area contributed by atoms with Crippen LogP contribution in [-0.2, 0) is 9.47 Å². The Morgan fingerprint density at radius 1 is 0.643 bits per heavy atom. The van der Waals surface area contributed by atoms with Crippen molar-refractivity contribution in [2.75, 3.05) is 13.2 Å².